The van der Waals surface area contributed by atoms with Gasteiger partial charge in [-0.3, -0.25) is 14.9 Å². The second-order valence-corrected chi connectivity index (χ2v) is 4.80. The second-order valence-electron chi connectivity index (χ2n) is 4.80. The predicted octanol–water partition coefficient (Wildman–Crippen LogP) is 2.83. The first-order valence-corrected chi connectivity index (χ1v) is 6.51. The molecule has 0 aliphatic heterocycles. The molecule has 0 radical (unpaired) electrons. The van der Waals surface area contributed by atoms with Crippen molar-refractivity contribution in [1.82, 2.24) is 0 Å². The first-order chi connectivity index (χ1) is 9.77. The number of rotatable bonds is 6. The van der Waals surface area contributed by atoms with E-state index in [1.165, 1.54) is 13.8 Å². The maximum absolute atomic E-state index is 14.0. The van der Waals surface area contributed by atoms with Crippen molar-refractivity contribution in [2.75, 3.05) is 13.2 Å². The number of halogens is 2. The third kappa shape index (κ3) is 4.21. The molecule has 1 rings (SSSR count). The van der Waals surface area contributed by atoms with Crippen LogP contribution >= 0.6 is 0 Å². The molecule has 0 bridgehead atoms. The van der Waals surface area contributed by atoms with Crippen LogP contribution in [0.15, 0.2) is 12.1 Å². The van der Waals surface area contributed by atoms with Crippen molar-refractivity contribution in [2.24, 2.45) is 5.92 Å². The van der Waals surface area contributed by atoms with Gasteiger partial charge in [-0.2, -0.15) is 0 Å². The van der Waals surface area contributed by atoms with Crippen LogP contribution in [0.4, 0.5) is 8.78 Å². The lowest BCUT2D eigenvalue weighted by molar-refractivity contribution is -0.484. The van der Waals surface area contributed by atoms with Gasteiger partial charge in [0, 0.05) is 10.5 Å². The largest absolute Gasteiger partial charge is 0.466 e. The average molecular weight is 301 g/mol. The summed E-state index contributed by atoms with van der Waals surface area (Å²) >= 11 is 0. The first kappa shape index (κ1) is 17.0. The molecule has 2 unspecified atom stereocenters. The van der Waals surface area contributed by atoms with E-state index < -0.39 is 46.5 Å². The number of esters is 1. The molecule has 0 aliphatic rings. The monoisotopic (exact) mass is 301 g/mol. The minimum Gasteiger partial charge on any atom is -0.466 e. The van der Waals surface area contributed by atoms with Crippen molar-refractivity contribution in [3.8, 4) is 0 Å². The van der Waals surface area contributed by atoms with Gasteiger partial charge in [0.25, 0.3) is 0 Å². The van der Waals surface area contributed by atoms with Gasteiger partial charge in [-0.05, 0) is 31.5 Å². The van der Waals surface area contributed by atoms with Crippen molar-refractivity contribution in [3.05, 3.63) is 45.0 Å². The first-order valence-electron chi connectivity index (χ1n) is 6.51. The summed E-state index contributed by atoms with van der Waals surface area (Å²) in [5.74, 6) is -4.75. The van der Waals surface area contributed by atoms with E-state index in [-0.39, 0.29) is 6.61 Å². The van der Waals surface area contributed by atoms with E-state index >= 15 is 0 Å². The highest BCUT2D eigenvalue weighted by Gasteiger charge is 2.35. The number of aryl methyl sites for hydroxylation is 1. The topological polar surface area (TPSA) is 69.4 Å². The van der Waals surface area contributed by atoms with Crippen LogP contribution in [0.1, 0.15) is 30.9 Å². The summed E-state index contributed by atoms with van der Waals surface area (Å²) in [7, 11) is 0. The molecule has 0 amide bonds. The van der Waals surface area contributed by atoms with Crippen molar-refractivity contribution in [3.63, 3.8) is 0 Å². The summed E-state index contributed by atoms with van der Waals surface area (Å²) in [6.07, 6.45) is 0. The van der Waals surface area contributed by atoms with E-state index in [0.29, 0.717) is 5.56 Å². The highest BCUT2D eigenvalue weighted by Crippen LogP contribution is 2.31. The Morgan fingerprint density at radius 2 is 1.90 bits per heavy atom. The van der Waals surface area contributed by atoms with Gasteiger partial charge in [0.1, 0.15) is 11.6 Å². The Bertz CT molecular complexity index is 525. The summed E-state index contributed by atoms with van der Waals surface area (Å²) < 4.78 is 32.8. The maximum atomic E-state index is 14.0. The quantitative estimate of drug-likeness (QED) is 0.460. The van der Waals surface area contributed by atoms with E-state index in [9.17, 15) is 23.7 Å². The van der Waals surface area contributed by atoms with Gasteiger partial charge in [-0.15, -0.1) is 0 Å². The summed E-state index contributed by atoms with van der Waals surface area (Å²) in [6.45, 7) is 3.79. The van der Waals surface area contributed by atoms with Gasteiger partial charge in [-0.25, -0.2) is 8.78 Å². The molecule has 0 spiro atoms. The van der Waals surface area contributed by atoms with E-state index in [0.717, 1.165) is 12.1 Å². The fraction of sp³-hybridized carbons (Fsp3) is 0.500. The number of nitrogens with zero attached hydrogens (tertiary/aromatic N) is 1. The maximum Gasteiger partial charge on any atom is 0.309 e. The lowest BCUT2D eigenvalue weighted by Gasteiger charge is -2.21. The SMILES string of the molecule is CCOC(=O)C(C)C(C[N+](=O)[O-])c1c(F)cc(C)cc1F. The molecular weight excluding hydrogens is 284 g/mol. The zero-order chi connectivity index (χ0) is 16.2. The summed E-state index contributed by atoms with van der Waals surface area (Å²) in [4.78, 5) is 21.8. The smallest absolute Gasteiger partial charge is 0.309 e. The van der Waals surface area contributed by atoms with Crippen LogP contribution in [-0.2, 0) is 9.53 Å². The molecule has 0 N–H and O–H groups in total. The molecule has 5 nitrogen and oxygen atoms in total. The van der Waals surface area contributed by atoms with E-state index in [2.05, 4.69) is 0 Å². The van der Waals surface area contributed by atoms with E-state index in [1.807, 2.05) is 0 Å². The second kappa shape index (κ2) is 7.10. The minimum atomic E-state index is -1.22. The number of nitro groups is 1. The molecule has 0 aromatic heterocycles. The van der Waals surface area contributed by atoms with Crippen molar-refractivity contribution in [1.29, 1.82) is 0 Å². The lowest BCUT2D eigenvalue weighted by atomic mass is 9.86. The zero-order valence-electron chi connectivity index (χ0n) is 12.1. The van der Waals surface area contributed by atoms with E-state index in [1.54, 1.807) is 6.92 Å². The molecule has 0 saturated heterocycles. The third-order valence-corrected chi connectivity index (χ3v) is 3.20. The predicted molar refractivity (Wildman–Crippen MR) is 71.5 cm³/mol. The van der Waals surface area contributed by atoms with Gasteiger partial charge in [0.05, 0.1) is 18.4 Å². The minimum absolute atomic E-state index is 0.0905. The number of benzene rings is 1. The number of ether oxygens (including phenoxy) is 1. The highest BCUT2D eigenvalue weighted by molar-refractivity contribution is 5.73. The van der Waals surface area contributed by atoms with Crippen molar-refractivity contribution in [2.45, 2.75) is 26.7 Å². The van der Waals surface area contributed by atoms with Gasteiger partial charge in [0.2, 0.25) is 6.54 Å². The Balaban J connectivity index is 3.26. The van der Waals surface area contributed by atoms with Gasteiger partial charge >= 0.3 is 5.97 Å². The van der Waals surface area contributed by atoms with E-state index in [4.69, 9.17) is 4.74 Å². The summed E-state index contributed by atoms with van der Waals surface area (Å²) in [5.41, 5.74) is -0.0877. The molecule has 1 aromatic carbocycles. The Hall–Kier alpha value is -2.05. The molecule has 7 heteroatoms. The number of hydrogen-bond donors (Lipinski definition) is 0. The summed E-state index contributed by atoms with van der Waals surface area (Å²) in [6, 6.07) is 2.17. The summed E-state index contributed by atoms with van der Waals surface area (Å²) in [5, 5.41) is 10.8. The molecule has 0 fully saturated rings. The van der Waals surface area contributed by atoms with Crippen LogP contribution in [-0.4, -0.2) is 24.0 Å². The molecule has 116 valence electrons. The fourth-order valence-electron chi connectivity index (χ4n) is 2.16. The van der Waals surface area contributed by atoms with Crippen molar-refractivity contribution >= 4 is 5.97 Å². The number of carbonyl (C=O) groups is 1. The zero-order valence-corrected chi connectivity index (χ0v) is 12.1. The van der Waals surface area contributed by atoms with Crippen LogP contribution in [0.2, 0.25) is 0 Å². The molecule has 2 atom stereocenters. The molecule has 0 saturated carbocycles. The van der Waals surface area contributed by atoms with Crippen LogP contribution in [0, 0.1) is 34.6 Å². The fourth-order valence-corrected chi connectivity index (χ4v) is 2.16. The van der Waals surface area contributed by atoms with Crippen LogP contribution in [0.3, 0.4) is 0 Å². The molecule has 0 aliphatic carbocycles. The highest BCUT2D eigenvalue weighted by atomic mass is 19.1. The lowest BCUT2D eigenvalue weighted by Crippen LogP contribution is -2.28. The van der Waals surface area contributed by atoms with Crippen LogP contribution in [0.5, 0.6) is 0 Å². The van der Waals surface area contributed by atoms with Crippen molar-refractivity contribution < 1.29 is 23.2 Å². The Labute approximate surface area is 121 Å². The van der Waals surface area contributed by atoms with Gasteiger partial charge in [-0.1, -0.05) is 6.92 Å². The average Bonchev–Trinajstić information content (AvgIpc) is 2.35. The number of hydrogen-bond acceptors (Lipinski definition) is 4. The molecule has 21 heavy (non-hydrogen) atoms. The molecular formula is C14H17F2NO4. The van der Waals surface area contributed by atoms with Crippen LogP contribution in [0.25, 0.3) is 0 Å². The number of carbonyl (C=O) groups excluding carboxylic acids is 1. The Morgan fingerprint density at radius 1 is 1.38 bits per heavy atom. The normalized spacial score (nSPS) is 13.6. The van der Waals surface area contributed by atoms with Gasteiger partial charge in [0.15, 0.2) is 0 Å². The third-order valence-electron chi connectivity index (χ3n) is 3.20. The molecule has 1 aromatic rings. The standard InChI is InChI=1S/C14H17F2NO4/c1-4-21-14(18)9(3)10(7-17(19)20)13-11(15)5-8(2)6-12(13)16/h5-6,9-10H,4,7H2,1-3H3. The Kier molecular flexibility index (Phi) is 5.75. The molecule has 0 heterocycles. The van der Waals surface area contributed by atoms with Crippen LogP contribution < -0.4 is 0 Å². The van der Waals surface area contributed by atoms with Gasteiger partial charge < -0.3 is 4.74 Å². The Morgan fingerprint density at radius 3 is 2.33 bits per heavy atom.